The summed E-state index contributed by atoms with van der Waals surface area (Å²) in [5.41, 5.74) is 0.290. The summed E-state index contributed by atoms with van der Waals surface area (Å²) in [7, 11) is 0. The molecule has 0 atom stereocenters. The normalized spacial score (nSPS) is 11.4. The maximum atomic E-state index is 12.5. The molecule has 6 heteroatoms. The number of alkyl halides is 3. The highest BCUT2D eigenvalue weighted by atomic mass is 32.1. The third kappa shape index (κ3) is 3.35. The zero-order valence-electron chi connectivity index (χ0n) is 9.91. The van der Waals surface area contributed by atoms with Crippen molar-refractivity contribution in [3.8, 4) is 0 Å². The van der Waals surface area contributed by atoms with E-state index in [1.165, 1.54) is 23.5 Å². The second-order valence-corrected chi connectivity index (χ2v) is 4.93. The second-order valence-electron chi connectivity index (χ2n) is 4.02. The van der Waals surface area contributed by atoms with Gasteiger partial charge in [0.15, 0.2) is 0 Å². The second kappa shape index (κ2) is 5.05. The Hall–Kier alpha value is -1.82. The number of thiophene rings is 1. The highest BCUT2D eigenvalue weighted by Gasteiger charge is 2.30. The molecule has 1 heterocycles. The number of carbonyl (C=O) groups excluding carboxylic acids is 1. The fraction of sp³-hybridized carbons (Fsp3) is 0.154. The van der Waals surface area contributed by atoms with Gasteiger partial charge in [0, 0.05) is 5.69 Å². The SMILES string of the molecule is Cc1csc(C(=O)Nc2cccc(C(F)(F)F)c2)c1. The number of anilines is 1. The molecule has 0 bridgehead atoms. The number of amides is 1. The van der Waals surface area contributed by atoms with Crippen molar-refractivity contribution in [3.05, 3.63) is 51.7 Å². The molecular weight excluding hydrogens is 275 g/mol. The third-order valence-electron chi connectivity index (χ3n) is 2.40. The molecule has 2 rings (SSSR count). The van der Waals surface area contributed by atoms with E-state index in [9.17, 15) is 18.0 Å². The average Bonchev–Trinajstić information content (AvgIpc) is 2.75. The highest BCUT2D eigenvalue weighted by Crippen LogP contribution is 2.30. The van der Waals surface area contributed by atoms with Gasteiger partial charge in [-0.25, -0.2) is 0 Å². The zero-order chi connectivity index (χ0) is 14.0. The number of nitrogens with one attached hydrogen (secondary N) is 1. The molecule has 0 fully saturated rings. The molecule has 1 aromatic carbocycles. The smallest absolute Gasteiger partial charge is 0.321 e. The summed E-state index contributed by atoms with van der Waals surface area (Å²) in [6, 6.07) is 6.25. The lowest BCUT2D eigenvalue weighted by Crippen LogP contribution is -2.11. The monoisotopic (exact) mass is 285 g/mol. The first-order valence-electron chi connectivity index (χ1n) is 5.40. The fourth-order valence-corrected chi connectivity index (χ4v) is 2.31. The van der Waals surface area contributed by atoms with Crippen LogP contribution in [-0.2, 0) is 6.18 Å². The van der Waals surface area contributed by atoms with Gasteiger partial charge < -0.3 is 5.32 Å². The molecule has 0 saturated heterocycles. The number of rotatable bonds is 2. The largest absolute Gasteiger partial charge is 0.416 e. The van der Waals surface area contributed by atoms with Gasteiger partial charge in [0.05, 0.1) is 10.4 Å². The highest BCUT2D eigenvalue weighted by molar-refractivity contribution is 7.12. The molecule has 0 unspecified atom stereocenters. The average molecular weight is 285 g/mol. The molecule has 2 nitrogen and oxygen atoms in total. The van der Waals surface area contributed by atoms with E-state index in [4.69, 9.17) is 0 Å². The van der Waals surface area contributed by atoms with Crippen LogP contribution >= 0.6 is 11.3 Å². The van der Waals surface area contributed by atoms with E-state index < -0.39 is 17.6 Å². The molecule has 0 aliphatic heterocycles. The Balaban J connectivity index is 2.18. The number of carbonyl (C=O) groups is 1. The van der Waals surface area contributed by atoms with E-state index in [2.05, 4.69) is 5.32 Å². The van der Waals surface area contributed by atoms with Gasteiger partial charge >= 0.3 is 6.18 Å². The minimum absolute atomic E-state index is 0.130. The van der Waals surface area contributed by atoms with Gasteiger partial charge in [-0.05, 0) is 42.1 Å². The Morgan fingerprint density at radius 3 is 2.58 bits per heavy atom. The lowest BCUT2D eigenvalue weighted by molar-refractivity contribution is -0.137. The summed E-state index contributed by atoms with van der Waals surface area (Å²) in [5, 5.41) is 4.26. The summed E-state index contributed by atoms with van der Waals surface area (Å²) in [6.07, 6.45) is -4.42. The van der Waals surface area contributed by atoms with Crippen LogP contribution in [0.3, 0.4) is 0 Å². The predicted molar refractivity (Wildman–Crippen MR) is 68.5 cm³/mol. The maximum Gasteiger partial charge on any atom is 0.416 e. The van der Waals surface area contributed by atoms with Gasteiger partial charge in [-0.15, -0.1) is 11.3 Å². The van der Waals surface area contributed by atoms with Crippen LogP contribution in [-0.4, -0.2) is 5.91 Å². The number of halogens is 3. The number of hydrogen-bond acceptors (Lipinski definition) is 2. The van der Waals surface area contributed by atoms with Gasteiger partial charge in [-0.2, -0.15) is 13.2 Å². The molecule has 100 valence electrons. The summed E-state index contributed by atoms with van der Waals surface area (Å²) in [6.45, 7) is 1.84. The predicted octanol–water partition coefficient (Wildman–Crippen LogP) is 4.33. The summed E-state index contributed by atoms with van der Waals surface area (Å²) >= 11 is 1.25. The molecule has 1 amide bonds. The molecule has 0 aliphatic rings. The first kappa shape index (κ1) is 13.6. The van der Waals surface area contributed by atoms with Crippen LogP contribution in [0.5, 0.6) is 0 Å². The summed E-state index contributed by atoms with van der Waals surface area (Å²) in [5.74, 6) is -0.405. The summed E-state index contributed by atoms with van der Waals surface area (Å²) < 4.78 is 37.6. The molecule has 0 aliphatic carbocycles. The molecule has 0 radical (unpaired) electrons. The van der Waals surface area contributed by atoms with Gasteiger partial charge in [0.2, 0.25) is 0 Å². The van der Waals surface area contributed by atoms with Crippen molar-refractivity contribution in [3.63, 3.8) is 0 Å². The Morgan fingerprint density at radius 1 is 1.26 bits per heavy atom. The van der Waals surface area contributed by atoms with Crippen molar-refractivity contribution >= 4 is 22.9 Å². The fourth-order valence-electron chi connectivity index (χ4n) is 1.52. The standard InChI is InChI=1S/C13H10F3NOS/c1-8-5-11(19-7-8)12(18)17-10-4-2-3-9(6-10)13(14,15)16/h2-7H,1H3,(H,17,18). The first-order chi connectivity index (χ1) is 8.86. The molecule has 19 heavy (non-hydrogen) atoms. The zero-order valence-corrected chi connectivity index (χ0v) is 10.7. The third-order valence-corrected chi connectivity index (χ3v) is 3.45. The van der Waals surface area contributed by atoms with Gasteiger partial charge in [-0.3, -0.25) is 4.79 Å². The number of aryl methyl sites for hydroxylation is 1. The van der Waals surface area contributed by atoms with Crippen molar-refractivity contribution in [2.45, 2.75) is 13.1 Å². The van der Waals surface area contributed by atoms with E-state index in [-0.39, 0.29) is 5.69 Å². The molecule has 0 saturated carbocycles. The van der Waals surface area contributed by atoms with Crippen LogP contribution in [0.4, 0.5) is 18.9 Å². The Morgan fingerprint density at radius 2 is 2.00 bits per heavy atom. The molecule has 1 aromatic heterocycles. The van der Waals surface area contributed by atoms with Crippen LogP contribution in [0.2, 0.25) is 0 Å². The van der Waals surface area contributed by atoms with Crippen LogP contribution in [0, 0.1) is 6.92 Å². The van der Waals surface area contributed by atoms with Crippen LogP contribution in [0.25, 0.3) is 0 Å². The molecule has 2 aromatic rings. The van der Waals surface area contributed by atoms with E-state index >= 15 is 0 Å². The van der Waals surface area contributed by atoms with E-state index in [0.29, 0.717) is 4.88 Å². The van der Waals surface area contributed by atoms with Crippen molar-refractivity contribution in [1.29, 1.82) is 0 Å². The van der Waals surface area contributed by atoms with E-state index in [0.717, 1.165) is 17.7 Å². The van der Waals surface area contributed by atoms with Crippen molar-refractivity contribution in [2.24, 2.45) is 0 Å². The van der Waals surface area contributed by atoms with Crippen molar-refractivity contribution in [1.82, 2.24) is 0 Å². The Labute approximate surface area is 111 Å². The van der Waals surface area contributed by atoms with Crippen LogP contribution < -0.4 is 5.32 Å². The topological polar surface area (TPSA) is 29.1 Å². The van der Waals surface area contributed by atoms with Crippen LogP contribution in [0.15, 0.2) is 35.7 Å². The minimum atomic E-state index is -4.42. The lowest BCUT2D eigenvalue weighted by atomic mass is 10.2. The number of hydrogen-bond donors (Lipinski definition) is 1. The van der Waals surface area contributed by atoms with Gasteiger partial charge in [0.1, 0.15) is 0 Å². The Bertz CT molecular complexity index is 604. The van der Waals surface area contributed by atoms with Gasteiger partial charge in [0.25, 0.3) is 5.91 Å². The van der Waals surface area contributed by atoms with Gasteiger partial charge in [-0.1, -0.05) is 6.07 Å². The molecule has 1 N–H and O–H groups in total. The molecular formula is C13H10F3NOS. The van der Waals surface area contributed by atoms with Crippen LogP contribution in [0.1, 0.15) is 20.8 Å². The molecule has 0 spiro atoms. The lowest BCUT2D eigenvalue weighted by Gasteiger charge is -2.09. The van der Waals surface area contributed by atoms with Crippen molar-refractivity contribution in [2.75, 3.05) is 5.32 Å². The minimum Gasteiger partial charge on any atom is -0.321 e. The maximum absolute atomic E-state index is 12.5. The van der Waals surface area contributed by atoms with E-state index in [1.54, 1.807) is 11.4 Å². The summed E-state index contributed by atoms with van der Waals surface area (Å²) in [4.78, 5) is 12.3. The van der Waals surface area contributed by atoms with E-state index in [1.807, 2.05) is 6.92 Å². The number of benzene rings is 1. The quantitative estimate of drug-likeness (QED) is 0.874. The first-order valence-corrected chi connectivity index (χ1v) is 6.28. The Kier molecular flexibility index (Phi) is 3.61. The van der Waals surface area contributed by atoms with Crippen molar-refractivity contribution < 1.29 is 18.0 Å².